The Kier molecular flexibility index (Phi) is 5.55. The number of fused-ring (bicyclic) bond motifs is 1. The number of amides is 2. The van der Waals surface area contributed by atoms with E-state index in [0.717, 1.165) is 31.2 Å². The first-order chi connectivity index (χ1) is 13.6. The van der Waals surface area contributed by atoms with Crippen LogP contribution in [0.15, 0.2) is 30.3 Å². The van der Waals surface area contributed by atoms with E-state index in [4.69, 9.17) is 9.47 Å². The Labute approximate surface area is 165 Å². The van der Waals surface area contributed by atoms with Crippen molar-refractivity contribution < 1.29 is 24.2 Å². The van der Waals surface area contributed by atoms with Gasteiger partial charge in [-0.25, -0.2) is 4.79 Å². The second-order valence-corrected chi connectivity index (χ2v) is 8.05. The number of nitrogens with zero attached hydrogens (tertiary/aromatic N) is 1. The first-order valence-corrected chi connectivity index (χ1v) is 10.2. The molecule has 1 aromatic carbocycles. The molecule has 0 spiro atoms. The maximum atomic E-state index is 13.5. The SMILES string of the molecule is O=C(NC1(C(=O)N2CC[C@H]3OC[C@H](O)[C@H]32)CCCCC1)OCc1ccccc1. The van der Waals surface area contributed by atoms with Crippen molar-refractivity contribution in [3.8, 4) is 0 Å². The van der Waals surface area contributed by atoms with Crippen LogP contribution in [0.2, 0.25) is 0 Å². The maximum absolute atomic E-state index is 13.5. The van der Waals surface area contributed by atoms with Crippen LogP contribution in [0.25, 0.3) is 0 Å². The van der Waals surface area contributed by atoms with Gasteiger partial charge >= 0.3 is 6.09 Å². The fraction of sp³-hybridized carbons (Fsp3) is 0.619. The van der Waals surface area contributed by atoms with Crippen molar-refractivity contribution in [2.75, 3.05) is 13.2 Å². The predicted octanol–water partition coefficient (Wildman–Crippen LogP) is 1.98. The fourth-order valence-corrected chi connectivity index (χ4v) is 4.76. The molecule has 2 heterocycles. The highest BCUT2D eigenvalue weighted by Gasteiger charge is 2.52. The van der Waals surface area contributed by atoms with E-state index in [-0.39, 0.29) is 31.3 Å². The quantitative estimate of drug-likeness (QED) is 0.823. The summed E-state index contributed by atoms with van der Waals surface area (Å²) in [6, 6.07) is 9.15. The Morgan fingerprint density at radius 2 is 1.96 bits per heavy atom. The number of benzene rings is 1. The molecular formula is C21H28N2O5. The Hall–Kier alpha value is -2.12. The summed E-state index contributed by atoms with van der Waals surface area (Å²) in [7, 11) is 0. The largest absolute Gasteiger partial charge is 0.445 e. The lowest BCUT2D eigenvalue weighted by Gasteiger charge is -2.40. The fourth-order valence-electron chi connectivity index (χ4n) is 4.76. The van der Waals surface area contributed by atoms with Gasteiger partial charge in [0.1, 0.15) is 18.2 Å². The van der Waals surface area contributed by atoms with Gasteiger partial charge in [-0.15, -0.1) is 0 Å². The van der Waals surface area contributed by atoms with Crippen LogP contribution in [0.3, 0.4) is 0 Å². The minimum atomic E-state index is -0.955. The number of rotatable bonds is 4. The molecule has 4 rings (SSSR count). The summed E-state index contributed by atoms with van der Waals surface area (Å²) in [5, 5.41) is 13.2. The van der Waals surface area contributed by atoms with Gasteiger partial charge in [0.05, 0.1) is 18.8 Å². The number of nitrogens with one attached hydrogen (secondary N) is 1. The van der Waals surface area contributed by atoms with E-state index in [1.807, 2.05) is 30.3 Å². The Balaban J connectivity index is 1.45. The Bertz CT molecular complexity index is 704. The third-order valence-electron chi connectivity index (χ3n) is 6.20. The van der Waals surface area contributed by atoms with Crippen LogP contribution in [-0.4, -0.2) is 58.9 Å². The average molecular weight is 388 g/mol. The van der Waals surface area contributed by atoms with Crippen molar-refractivity contribution >= 4 is 12.0 Å². The second kappa shape index (κ2) is 8.09. The van der Waals surface area contributed by atoms with Crippen molar-refractivity contribution in [2.45, 2.75) is 68.9 Å². The summed E-state index contributed by atoms with van der Waals surface area (Å²) in [5.41, 5.74) is -0.0567. The van der Waals surface area contributed by atoms with Gasteiger partial charge in [-0.1, -0.05) is 49.6 Å². The van der Waals surface area contributed by atoms with Crippen LogP contribution in [0, 0.1) is 0 Å². The van der Waals surface area contributed by atoms with Crippen molar-refractivity contribution in [2.24, 2.45) is 0 Å². The van der Waals surface area contributed by atoms with Gasteiger partial charge in [0.25, 0.3) is 0 Å². The van der Waals surface area contributed by atoms with Crippen LogP contribution < -0.4 is 5.32 Å². The van der Waals surface area contributed by atoms with E-state index in [0.29, 0.717) is 19.4 Å². The molecule has 0 aromatic heterocycles. The molecule has 3 fully saturated rings. The number of likely N-dealkylation sites (tertiary alicyclic amines) is 1. The van der Waals surface area contributed by atoms with Crippen LogP contribution in [0.5, 0.6) is 0 Å². The smallest absolute Gasteiger partial charge is 0.408 e. The molecule has 7 nitrogen and oxygen atoms in total. The monoisotopic (exact) mass is 388 g/mol. The molecule has 1 saturated carbocycles. The summed E-state index contributed by atoms with van der Waals surface area (Å²) in [6.07, 6.45) is 3.38. The molecule has 28 heavy (non-hydrogen) atoms. The standard InChI is InChI=1S/C21H28N2O5/c24-16-14-27-17-9-12-23(18(16)17)19(25)21(10-5-2-6-11-21)22-20(26)28-13-15-7-3-1-4-8-15/h1,3-4,7-8,16-18,24H,2,5-6,9-14H2,(H,22,26)/t16-,17+,18+/m0/s1. The first-order valence-electron chi connectivity index (χ1n) is 10.2. The molecular weight excluding hydrogens is 360 g/mol. The van der Waals surface area contributed by atoms with Gasteiger partial charge in [-0.2, -0.15) is 0 Å². The first kappa shape index (κ1) is 19.2. The van der Waals surface area contributed by atoms with E-state index < -0.39 is 17.7 Å². The van der Waals surface area contributed by atoms with Gasteiger partial charge < -0.3 is 24.8 Å². The van der Waals surface area contributed by atoms with Gasteiger partial charge in [0.15, 0.2) is 0 Å². The van der Waals surface area contributed by atoms with Crippen LogP contribution in [0.4, 0.5) is 4.79 Å². The van der Waals surface area contributed by atoms with E-state index >= 15 is 0 Å². The number of alkyl carbamates (subject to hydrolysis) is 1. The Morgan fingerprint density at radius 1 is 1.21 bits per heavy atom. The molecule has 152 valence electrons. The molecule has 7 heteroatoms. The van der Waals surface area contributed by atoms with Crippen molar-refractivity contribution in [3.05, 3.63) is 35.9 Å². The molecule has 2 saturated heterocycles. The third kappa shape index (κ3) is 3.73. The van der Waals surface area contributed by atoms with Gasteiger partial charge in [-0.05, 0) is 24.8 Å². The minimum absolute atomic E-state index is 0.107. The zero-order valence-corrected chi connectivity index (χ0v) is 16.0. The lowest BCUT2D eigenvalue weighted by molar-refractivity contribution is -0.142. The summed E-state index contributed by atoms with van der Waals surface area (Å²) < 4.78 is 11.0. The minimum Gasteiger partial charge on any atom is -0.445 e. The van der Waals surface area contributed by atoms with Crippen molar-refractivity contribution in [1.82, 2.24) is 10.2 Å². The molecule has 3 aliphatic rings. The summed E-state index contributed by atoms with van der Waals surface area (Å²) in [5.74, 6) is -0.110. The molecule has 3 atom stereocenters. The summed E-state index contributed by atoms with van der Waals surface area (Å²) in [4.78, 5) is 27.8. The molecule has 0 unspecified atom stereocenters. The topological polar surface area (TPSA) is 88.1 Å². The lowest BCUT2D eigenvalue weighted by atomic mass is 9.80. The van der Waals surface area contributed by atoms with E-state index in [1.54, 1.807) is 4.90 Å². The van der Waals surface area contributed by atoms with E-state index in [1.165, 1.54) is 0 Å². The number of carbonyl (C=O) groups is 2. The van der Waals surface area contributed by atoms with E-state index in [9.17, 15) is 14.7 Å². The number of ether oxygens (including phenoxy) is 2. The predicted molar refractivity (Wildman–Crippen MR) is 101 cm³/mol. The molecule has 0 radical (unpaired) electrons. The summed E-state index contributed by atoms with van der Waals surface area (Å²) in [6.45, 7) is 0.976. The molecule has 2 aliphatic heterocycles. The van der Waals surface area contributed by atoms with Crippen molar-refractivity contribution in [1.29, 1.82) is 0 Å². The Morgan fingerprint density at radius 3 is 2.71 bits per heavy atom. The molecule has 1 aromatic rings. The second-order valence-electron chi connectivity index (χ2n) is 8.05. The number of aliphatic hydroxyl groups is 1. The van der Waals surface area contributed by atoms with Gasteiger partial charge in [0.2, 0.25) is 5.91 Å². The number of hydrogen-bond donors (Lipinski definition) is 2. The normalized spacial score (nSPS) is 28.6. The highest BCUT2D eigenvalue weighted by atomic mass is 16.5. The van der Waals surface area contributed by atoms with Gasteiger partial charge in [0, 0.05) is 6.54 Å². The highest BCUT2D eigenvalue weighted by Crippen LogP contribution is 2.36. The van der Waals surface area contributed by atoms with Crippen LogP contribution in [0.1, 0.15) is 44.1 Å². The zero-order chi connectivity index (χ0) is 19.6. The molecule has 1 aliphatic carbocycles. The third-order valence-corrected chi connectivity index (χ3v) is 6.20. The van der Waals surface area contributed by atoms with Crippen molar-refractivity contribution in [3.63, 3.8) is 0 Å². The van der Waals surface area contributed by atoms with Gasteiger partial charge in [-0.3, -0.25) is 4.79 Å². The number of hydrogen-bond acceptors (Lipinski definition) is 5. The zero-order valence-electron chi connectivity index (χ0n) is 16.0. The van der Waals surface area contributed by atoms with Crippen LogP contribution in [-0.2, 0) is 20.9 Å². The number of carbonyl (C=O) groups excluding carboxylic acids is 2. The highest BCUT2D eigenvalue weighted by molar-refractivity contribution is 5.90. The molecule has 2 amide bonds. The average Bonchev–Trinajstić information content (AvgIpc) is 3.30. The lowest BCUT2D eigenvalue weighted by Crippen LogP contribution is -2.62. The summed E-state index contributed by atoms with van der Waals surface area (Å²) >= 11 is 0. The maximum Gasteiger partial charge on any atom is 0.408 e. The number of aliphatic hydroxyl groups excluding tert-OH is 1. The van der Waals surface area contributed by atoms with Crippen LogP contribution >= 0.6 is 0 Å². The molecule has 2 N–H and O–H groups in total. The molecule has 0 bridgehead atoms. The van der Waals surface area contributed by atoms with E-state index in [2.05, 4.69) is 5.32 Å².